The molecule has 9 heteroatoms. The molecule has 0 aliphatic rings. The van der Waals surface area contributed by atoms with E-state index < -0.39 is 21.8 Å². The highest BCUT2D eigenvalue weighted by Crippen LogP contribution is 2.32. The lowest BCUT2D eigenvalue weighted by molar-refractivity contribution is -0.137. The SMILES string of the molecule is O=S(=O)(Nc1cccc(C(F)(F)F)c1)c1cc(Cl)ccc1Cl. The van der Waals surface area contributed by atoms with Gasteiger partial charge < -0.3 is 0 Å². The predicted molar refractivity (Wildman–Crippen MR) is 78.7 cm³/mol. The van der Waals surface area contributed by atoms with Crippen molar-refractivity contribution in [3.05, 3.63) is 58.1 Å². The van der Waals surface area contributed by atoms with Gasteiger partial charge in [0.25, 0.3) is 10.0 Å². The van der Waals surface area contributed by atoms with Crippen LogP contribution in [0.25, 0.3) is 0 Å². The number of hydrogen-bond donors (Lipinski definition) is 1. The summed E-state index contributed by atoms with van der Waals surface area (Å²) in [7, 11) is -4.16. The Bertz CT molecular complexity index is 807. The highest BCUT2D eigenvalue weighted by Gasteiger charge is 2.30. The first kappa shape index (κ1) is 16.9. The average molecular weight is 370 g/mol. The number of rotatable bonds is 3. The van der Waals surface area contributed by atoms with Crippen LogP contribution in [0.15, 0.2) is 47.4 Å². The summed E-state index contributed by atoms with van der Waals surface area (Å²) in [6, 6.07) is 7.61. The van der Waals surface area contributed by atoms with Crippen LogP contribution < -0.4 is 4.72 Å². The fraction of sp³-hybridized carbons (Fsp3) is 0.0769. The summed E-state index contributed by atoms with van der Waals surface area (Å²) < 4.78 is 64.3. The van der Waals surface area contributed by atoms with Crippen molar-refractivity contribution in [3.8, 4) is 0 Å². The van der Waals surface area contributed by atoms with E-state index in [-0.39, 0.29) is 20.6 Å². The Balaban J connectivity index is 2.39. The molecular weight excluding hydrogens is 362 g/mol. The summed E-state index contributed by atoms with van der Waals surface area (Å²) in [5.41, 5.74) is -1.20. The third-order valence-electron chi connectivity index (χ3n) is 2.62. The van der Waals surface area contributed by atoms with Gasteiger partial charge in [0.2, 0.25) is 0 Å². The fourth-order valence-electron chi connectivity index (χ4n) is 1.65. The lowest BCUT2D eigenvalue weighted by atomic mass is 10.2. The van der Waals surface area contributed by atoms with E-state index >= 15 is 0 Å². The van der Waals surface area contributed by atoms with E-state index in [4.69, 9.17) is 23.2 Å². The highest BCUT2D eigenvalue weighted by atomic mass is 35.5. The van der Waals surface area contributed by atoms with Gasteiger partial charge in [0, 0.05) is 10.7 Å². The number of hydrogen-bond acceptors (Lipinski definition) is 2. The zero-order valence-corrected chi connectivity index (χ0v) is 13.0. The molecule has 2 rings (SSSR count). The molecule has 0 aliphatic carbocycles. The number of anilines is 1. The van der Waals surface area contributed by atoms with Crippen LogP contribution in [-0.2, 0) is 16.2 Å². The van der Waals surface area contributed by atoms with Gasteiger partial charge in [0.1, 0.15) is 4.90 Å². The minimum Gasteiger partial charge on any atom is -0.280 e. The number of sulfonamides is 1. The van der Waals surface area contributed by atoms with E-state index in [1.807, 2.05) is 4.72 Å². The molecule has 0 saturated heterocycles. The Kier molecular flexibility index (Phi) is 4.60. The van der Waals surface area contributed by atoms with Crippen molar-refractivity contribution >= 4 is 38.9 Å². The molecule has 22 heavy (non-hydrogen) atoms. The molecule has 0 aliphatic heterocycles. The number of alkyl halides is 3. The van der Waals surface area contributed by atoms with E-state index in [9.17, 15) is 21.6 Å². The van der Waals surface area contributed by atoms with Crippen molar-refractivity contribution in [2.24, 2.45) is 0 Å². The van der Waals surface area contributed by atoms with Crippen molar-refractivity contribution in [1.29, 1.82) is 0 Å². The van der Waals surface area contributed by atoms with Crippen LogP contribution in [0.5, 0.6) is 0 Å². The Hall–Kier alpha value is -1.44. The van der Waals surface area contributed by atoms with E-state index in [0.717, 1.165) is 18.2 Å². The van der Waals surface area contributed by atoms with Crippen molar-refractivity contribution in [3.63, 3.8) is 0 Å². The first-order chi connectivity index (χ1) is 10.1. The highest BCUT2D eigenvalue weighted by molar-refractivity contribution is 7.92. The minimum atomic E-state index is -4.57. The maximum atomic E-state index is 12.6. The molecule has 0 fully saturated rings. The maximum Gasteiger partial charge on any atom is 0.416 e. The number of nitrogens with one attached hydrogen (secondary N) is 1. The van der Waals surface area contributed by atoms with Gasteiger partial charge in [0.05, 0.1) is 10.6 Å². The Labute approximate surface area is 134 Å². The Morgan fingerprint density at radius 2 is 1.68 bits per heavy atom. The quantitative estimate of drug-likeness (QED) is 0.843. The summed E-state index contributed by atoms with van der Waals surface area (Å²) >= 11 is 11.5. The monoisotopic (exact) mass is 369 g/mol. The Morgan fingerprint density at radius 3 is 2.32 bits per heavy atom. The average Bonchev–Trinajstić information content (AvgIpc) is 2.40. The number of benzene rings is 2. The van der Waals surface area contributed by atoms with E-state index in [1.165, 1.54) is 18.2 Å². The summed E-state index contributed by atoms with van der Waals surface area (Å²) in [6.45, 7) is 0. The first-order valence-electron chi connectivity index (χ1n) is 5.75. The van der Waals surface area contributed by atoms with Gasteiger partial charge in [0.15, 0.2) is 0 Å². The van der Waals surface area contributed by atoms with Crippen molar-refractivity contribution < 1.29 is 21.6 Å². The largest absolute Gasteiger partial charge is 0.416 e. The molecule has 0 radical (unpaired) electrons. The lowest BCUT2D eigenvalue weighted by Gasteiger charge is -2.12. The summed E-state index contributed by atoms with van der Waals surface area (Å²) in [5.74, 6) is 0. The van der Waals surface area contributed by atoms with Gasteiger partial charge in [-0.1, -0.05) is 29.3 Å². The van der Waals surface area contributed by atoms with Crippen LogP contribution in [0.1, 0.15) is 5.56 Å². The fourth-order valence-corrected chi connectivity index (χ4v) is 3.47. The van der Waals surface area contributed by atoms with E-state index in [2.05, 4.69) is 0 Å². The standard InChI is InChI=1S/C13H8Cl2F3NO2S/c14-9-4-5-11(15)12(7-9)22(20,21)19-10-3-1-2-8(6-10)13(16,17)18/h1-7,19H. The summed E-state index contributed by atoms with van der Waals surface area (Å²) in [6.07, 6.45) is -4.57. The number of halogens is 5. The molecule has 0 heterocycles. The van der Waals surface area contributed by atoms with Crippen LogP contribution in [0.3, 0.4) is 0 Å². The molecule has 3 nitrogen and oxygen atoms in total. The summed E-state index contributed by atoms with van der Waals surface area (Å²) in [4.78, 5) is -0.320. The molecule has 1 N–H and O–H groups in total. The predicted octanol–water partition coefficient (Wildman–Crippen LogP) is 4.81. The smallest absolute Gasteiger partial charge is 0.280 e. The Morgan fingerprint density at radius 1 is 1.00 bits per heavy atom. The van der Waals surface area contributed by atoms with Crippen LogP contribution in [0.4, 0.5) is 18.9 Å². The second kappa shape index (κ2) is 5.98. The molecule has 2 aromatic rings. The minimum absolute atomic E-state index is 0.0936. The first-order valence-corrected chi connectivity index (χ1v) is 7.98. The molecule has 0 spiro atoms. The zero-order valence-electron chi connectivity index (χ0n) is 10.7. The lowest BCUT2D eigenvalue weighted by Crippen LogP contribution is -2.14. The molecule has 0 saturated carbocycles. The molecule has 118 valence electrons. The van der Waals surface area contributed by atoms with E-state index in [1.54, 1.807) is 0 Å². The molecule has 0 amide bonds. The van der Waals surface area contributed by atoms with Gasteiger partial charge in [-0.25, -0.2) is 8.42 Å². The third-order valence-corrected chi connectivity index (χ3v) is 4.72. The second-order valence-electron chi connectivity index (χ2n) is 4.26. The normalized spacial score (nSPS) is 12.2. The van der Waals surface area contributed by atoms with E-state index in [0.29, 0.717) is 6.07 Å². The third kappa shape index (κ3) is 3.85. The molecular formula is C13H8Cl2F3NO2S. The molecule has 0 atom stereocenters. The molecule has 0 aromatic heterocycles. The van der Waals surface area contributed by atoms with Crippen LogP contribution >= 0.6 is 23.2 Å². The molecule has 2 aromatic carbocycles. The summed E-state index contributed by atoms with van der Waals surface area (Å²) in [5, 5.41) is 0.0395. The molecule has 0 unspecified atom stereocenters. The zero-order chi connectivity index (χ0) is 16.5. The van der Waals surface area contributed by atoms with Crippen LogP contribution in [0, 0.1) is 0 Å². The van der Waals surface area contributed by atoms with Gasteiger partial charge in [-0.2, -0.15) is 13.2 Å². The van der Waals surface area contributed by atoms with Crippen LogP contribution in [0.2, 0.25) is 10.0 Å². The van der Waals surface area contributed by atoms with Gasteiger partial charge >= 0.3 is 6.18 Å². The maximum absolute atomic E-state index is 12.6. The van der Waals surface area contributed by atoms with Crippen molar-refractivity contribution in [2.45, 2.75) is 11.1 Å². The van der Waals surface area contributed by atoms with Crippen LogP contribution in [-0.4, -0.2) is 8.42 Å². The van der Waals surface area contributed by atoms with Crippen molar-refractivity contribution in [1.82, 2.24) is 0 Å². The van der Waals surface area contributed by atoms with Gasteiger partial charge in [-0.3, -0.25) is 4.72 Å². The topological polar surface area (TPSA) is 46.2 Å². The second-order valence-corrected chi connectivity index (χ2v) is 6.75. The van der Waals surface area contributed by atoms with Gasteiger partial charge in [-0.15, -0.1) is 0 Å². The molecule has 0 bridgehead atoms. The van der Waals surface area contributed by atoms with Crippen molar-refractivity contribution in [2.75, 3.05) is 4.72 Å². The van der Waals surface area contributed by atoms with Gasteiger partial charge in [-0.05, 0) is 36.4 Å².